The molecule has 0 fully saturated rings. The number of aryl methyl sites for hydroxylation is 1. The number of methoxy groups -OCH3 is 1. The van der Waals surface area contributed by atoms with E-state index >= 15 is 0 Å². The number of nitrogens with zero attached hydrogens (tertiary/aromatic N) is 2. The first kappa shape index (κ1) is 26.9. The third kappa shape index (κ3) is 5.03. The van der Waals surface area contributed by atoms with Gasteiger partial charge in [-0.25, -0.2) is 0 Å². The number of anilines is 2. The summed E-state index contributed by atoms with van der Waals surface area (Å²) in [7, 11) is -2.62. The lowest BCUT2D eigenvalue weighted by atomic mass is 10.1. The summed E-state index contributed by atoms with van der Waals surface area (Å²) in [6, 6.07) is 17.7. The van der Waals surface area contributed by atoms with E-state index in [2.05, 4.69) is 15.0 Å². The van der Waals surface area contributed by atoms with Gasteiger partial charge in [-0.3, -0.25) is 9.59 Å². The van der Waals surface area contributed by atoms with Crippen molar-refractivity contribution in [1.82, 2.24) is 4.57 Å². The van der Waals surface area contributed by atoms with Crippen molar-refractivity contribution in [3.05, 3.63) is 88.2 Å². The van der Waals surface area contributed by atoms with Crippen molar-refractivity contribution < 1.29 is 23.1 Å². The quantitative estimate of drug-likeness (QED) is 0.301. The van der Waals surface area contributed by atoms with E-state index in [0.29, 0.717) is 35.5 Å². The number of amides is 1. The van der Waals surface area contributed by atoms with Crippen LogP contribution in [0.5, 0.6) is 11.5 Å². The molecule has 1 aromatic heterocycles. The molecule has 10 nitrogen and oxygen atoms in total. The molecule has 2 heterocycles. The molecular weight excluding hydrogens is 532 g/mol. The first-order chi connectivity index (χ1) is 19.1. The monoisotopic (exact) mass is 560 g/mol. The summed E-state index contributed by atoms with van der Waals surface area (Å²) in [6.07, 6.45) is 0.661. The Morgan fingerprint density at radius 1 is 1.10 bits per heavy atom. The van der Waals surface area contributed by atoms with Crippen molar-refractivity contribution >= 4 is 44.0 Å². The Kier molecular flexibility index (Phi) is 7.07. The summed E-state index contributed by atoms with van der Waals surface area (Å²) in [4.78, 5) is 26.7. The molecule has 1 amide bonds. The minimum absolute atomic E-state index is 0.0262. The van der Waals surface area contributed by atoms with Crippen LogP contribution in [0.4, 0.5) is 11.4 Å². The average molecular weight is 561 g/mol. The second-order valence-electron chi connectivity index (χ2n) is 9.82. The molecule has 0 atom stereocenters. The molecule has 0 saturated heterocycles. The number of benzene rings is 3. The van der Waals surface area contributed by atoms with Crippen LogP contribution in [0, 0.1) is 5.92 Å². The Bertz CT molecular complexity index is 1840. The van der Waals surface area contributed by atoms with Crippen molar-refractivity contribution in [3.63, 3.8) is 0 Å². The molecule has 4 aromatic rings. The number of hydrogen-bond acceptors (Lipinski definition) is 7. The number of para-hydroxylation sites is 1. The van der Waals surface area contributed by atoms with E-state index in [1.807, 2.05) is 13.8 Å². The number of ether oxygens (including phenoxy) is 1. The number of aromatic nitrogens is 1. The molecule has 0 radical (unpaired) electrons. The van der Waals surface area contributed by atoms with Gasteiger partial charge in [0, 0.05) is 23.2 Å². The molecule has 0 saturated carbocycles. The summed E-state index contributed by atoms with van der Waals surface area (Å²) in [5, 5.41) is 17.3. The van der Waals surface area contributed by atoms with Crippen LogP contribution in [-0.4, -0.2) is 36.9 Å². The number of carbonyl (C=O) groups excluding carboxylic acids is 1. The number of amidine groups is 1. The first-order valence-corrected chi connectivity index (χ1v) is 14.1. The van der Waals surface area contributed by atoms with E-state index in [1.54, 1.807) is 60.7 Å². The van der Waals surface area contributed by atoms with Crippen LogP contribution < -0.4 is 20.9 Å². The van der Waals surface area contributed by atoms with Gasteiger partial charge < -0.3 is 25.0 Å². The van der Waals surface area contributed by atoms with E-state index in [4.69, 9.17) is 4.74 Å². The molecule has 40 heavy (non-hydrogen) atoms. The van der Waals surface area contributed by atoms with E-state index in [0.717, 1.165) is 0 Å². The maximum absolute atomic E-state index is 13.8. The zero-order chi connectivity index (χ0) is 28.6. The van der Waals surface area contributed by atoms with Crippen LogP contribution in [0.1, 0.15) is 36.2 Å². The first-order valence-electron chi connectivity index (χ1n) is 12.7. The Morgan fingerprint density at radius 3 is 2.62 bits per heavy atom. The average Bonchev–Trinajstić information content (AvgIpc) is 2.93. The van der Waals surface area contributed by atoms with Gasteiger partial charge in [-0.2, -0.15) is 8.42 Å². The van der Waals surface area contributed by atoms with E-state index in [1.165, 1.54) is 17.7 Å². The van der Waals surface area contributed by atoms with Gasteiger partial charge in [-0.15, -0.1) is 4.40 Å². The summed E-state index contributed by atoms with van der Waals surface area (Å²) in [6.45, 7) is 4.38. The van der Waals surface area contributed by atoms with Gasteiger partial charge in [0.2, 0.25) is 0 Å². The second kappa shape index (κ2) is 10.5. The summed E-state index contributed by atoms with van der Waals surface area (Å²) >= 11 is 0. The van der Waals surface area contributed by atoms with Crippen molar-refractivity contribution in [3.8, 4) is 11.5 Å². The highest BCUT2D eigenvalue weighted by Gasteiger charge is 2.29. The van der Waals surface area contributed by atoms with Gasteiger partial charge in [0.15, 0.2) is 5.84 Å². The molecule has 1 aliphatic heterocycles. The SMILES string of the molecule is COc1cccc(C(=O)Nc2ccc3c(c2)c(O)c(C2=NS(=O)(=O)c4ccccc4N2)c(=O)n3CCC(C)C)c1. The highest BCUT2D eigenvalue weighted by molar-refractivity contribution is 7.90. The van der Waals surface area contributed by atoms with Gasteiger partial charge in [0.1, 0.15) is 22.0 Å². The predicted molar refractivity (Wildman–Crippen MR) is 154 cm³/mol. The lowest BCUT2D eigenvalue weighted by Gasteiger charge is -2.21. The molecule has 0 bridgehead atoms. The lowest BCUT2D eigenvalue weighted by Crippen LogP contribution is -2.33. The maximum Gasteiger partial charge on any atom is 0.286 e. The summed E-state index contributed by atoms with van der Waals surface area (Å²) in [5.74, 6) is -0.309. The normalized spacial score (nSPS) is 13.8. The molecule has 3 N–H and O–H groups in total. The maximum atomic E-state index is 13.8. The van der Waals surface area contributed by atoms with Gasteiger partial charge in [0.25, 0.3) is 21.5 Å². The Balaban J connectivity index is 1.65. The van der Waals surface area contributed by atoms with Crippen LogP contribution in [-0.2, 0) is 16.6 Å². The number of nitrogens with one attached hydrogen (secondary N) is 2. The third-order valence-corrected chi connectivity index (χ3v) is 7.96. The van der Waals surface area contributed by atoms with Crippen molar-refractivity contribution in [2.45, 2.75) is 31.7 Å². The summed E-state index contributed by atoms with van der Waals surface area (Å²) in [5.41, 5.74) is 0.568. The minimum Gasteiger partial charge on any atom is -0.506 e. The number of carbonyl (C=O) groups is 1. The van der Waals surface area contributed by atoms with Crippen LogP contribution in [0.15, 0.2) is 80.8 Å². The highest BCUT2D eigenvalue weighted by Crippen LogP contribution is 2.33. The van der Waals surface area contributed by atoms with Gasteiger partial charge in [0.05, 0.1) is 18.3 Å². The smallest absolute Gasteiger partial charge is 0.286 e. The van der Waals surface area contributed by atoms with Crippen molar-refractivity contribution in [2.75, 3.05) is 17.7 Å². The number of hydrogen-bond donors (Lipinski definition) is 3. The molecule has 206 valence electrons. The molecule has 0 spiro atoms. The largest absolute Gasteiger partial charge is 0.506 e. The highest BCUT2D eigenvalue weighted by atomic mass is 32.2. The fourth-order valence-electron chi connectivity index (χ4n) is 4.53. The molecule has 3 aromatic carbocycles. The number of fused-ring (bicyclic) bond motifs is 2. The second-order valence-corrected chi connectivity index (χ2v) is 11.4. The topological polar surface area (TPSA) is 139 Å². The van der Waals surface area contributed by atoms with Crippen LogP contribution >= 0.6 is 0 Å². The fourth-order valence-corrected chi connectivity index (χ4v) is 5.66. The Labute approximate surface area is 231 Å². The number of rotatable bonds is 7. The van der Waals surface area contributed by atoms with Gasteiger partial charge >= 0.3 is 0 Å². The molecule has 1 aliphatic rings. The van der Waals surface area contributed by atoms with Gasteiger partial charge in [-0.05, 0) is 60.9 Å². The van der Waals surface area contributed by atoms with Crippen molar-refractivity contribution in [1.29, 1.82) is 0 Å². The number of sulfonamides is 1. The van der Waals surface area contributed by atoms with E-state index in [9.17, 15) is 23.1 Å². The fraction of sp³-hybridized carbons (Fsp3) is 0.207. The van der Waals surface area contributed by atoms with Crippen LogP contribution in [0.25, 0.3) is 10.9 Å². The van der Waals surface area contributed by atoms with E-state index in [-0.39, 0.29) is 33.3 Å². The van der Waals surface area contributed by atoms with E-state index < -0.39 is 27.2 Å². The summed E-state index contributed by atoms with van der Waals surface area (Å²) < 4.78 is 36.4. The number of pyridine rings is 1. The minimum atomic E-state index is -4.13. The van der Waals surface area contributed by atoms with Crippen molar-refractivity contribution in [2.24, 2.45) is 10.3 Å². The van der Waals surface area contributed by atoms with Crippen LogP contribution in [0.3, 0.4) is 0 Å². The standard InChI is InChI=1S/C29H28N4O6S/c1-17(2)13-14-33-23-12-11-19(30-28(35)18-7-6-8-20(15-18)39-3)16-21(23)26(34)25(29(33)36)27-31-22-9-4-5-10-24(22)40(37,38)32-27/h4-12,15-17,34H,13-14H2,1-3H3,(H,30,35)(H,31,32). The van der Waals surface area contributed by atoms with Gasteiger partial charge in [-0.1, -0.05) is 32.0 Å². The molecule has 0 aliphatic carbocycles. The predicted octanol–water partition coefficient (Wildman–Crippen LogP) is 4.58. The zero-order valence-electron chi connectivity index (χ0n) is 22.1. The zero-order valence-corrected chi connectivity index (χ0v) is 23.0. The number of aromatic hydroxyl groups is 1. The Hall–Kier alpha value is -4.64. The molecule has 11 heteroatoms. The van der Waals surface area contributed by atoms with Crippen LogP contribution in [0.2, 0.25) is 0 Å². The molecule has 0 unspecified atom stereocenters. The Morgan fingerprint density at radius 2 is 1.88 bits per heavy atom. The lowest BCUT2D eigenvalue weighted by molar-refractivity contribution is 0.102. The third-order valence-electron chi connectivity index (χ3n) is 6.62. The molecule has 5 rings (SSSR count). The molecular formula is C29H28N4O6S.